The molecule has 0 radical (unpaired) electrons. The van der Waals surface area contributed by atoms with Crippen LogP contribution in [0.5, 0.6) is 0 Å². The van der Waals surface area contributed by atoms with Gasteiger partial charge in [-0.15, -0.1) is 17.5 Å². The zero-order valence-electron chi connectivity index (χ0n) is 18.4. The molecule has 1 atom stereocenters. The highest BCUT2D eigenvalue weighted by molar-refractivity contribution is 5.85. The van der Waals surface area contributed by atoms with Gasteiger partial charge in [-0.2, -0.15) is 13.2 Å². The van der Waals surface area contributed by atoms with Crippen LogP contribution in [0.2, 0.25) is 0 Å². The van der Waals surface area contributed by atoms with Crippen molar-refractivity contribution in [3.63, 3.8) is 0 Å². The van der Waals surface area contributed by atoms with E-state index in [0.717, 1.165) is 37.2 Å². The number of hydrogen-bond donors (Lipinski definition) is 0. The molecule has 178 valence electrons. The molecule has 10 heteroatoms. The van der Waals surface area contributed by atoms with Crippen molar-refractivity contribution in [2.45, 2.75) is 63.7 Å². The van der Waals surface area contributed by atoms with Crippen LogP contribution in [0.1, 0.15) is 67.9 Å². The maximum absolute atomic E-state index is 13.1. The van der Waals surface area contributed by atoms with Crippen LogP contribution in [0.3, 0.4) is 0 Å². The molecule has 2 aliphatic rings. The average Bonchev–Trinajstić information content (AvgIpc) is 3.21. The van der Waals surface area contributed by atoms with Crippen molar-refractivity contribution >= 4 is 12.4 Å². The molecule has 6 nitrogen and oxygen atoms in total. The molecule has 0 N–H and O–H groups in total. The van der Waals surface area contributed by atoms with E-state index in [1.165, 1.54) is 38.5 Å². The van der Waals surface area contributed by atoms with E-state index >= 15 is 0 Å². The lowest BCUT2D eigenvalue weighted by Gasteiger charge is -2.47. The van der Waals surface area contributed by atoms with E-state index in [-0.39, 0.29) is 18.4 Å². The Kier molecular flexibility index (Phi) is 8.16. The summed E-state index contributed by atoms with van der Waals surface area (Å²) in [6.45, 7) is 2.76. The molecule has 1 unspecified atom stereocenters. The van der Waals surface area contributed by atoms with Gasteiger partial charge in [0.15, 0.2) is 5.82 Å². The lowest BCUT2D eigenvalue weighted by Crippen LogP contribution is -2.46. The van der Waals surface area contributed by atoms with E-state index in [0.29, 0.717) is 24.4 Å². The summed E-state index contributed by atoms with van der Waals surface area (Å²) >= 11 is 0. The molecule has 4 rings (SSSR count). The van der Waals surface area contributed by atoms with Crippen LogP contribution >= 0.6 is 12.4 Å². The molecule has 2 aromatic rings. The standard InChI is InChI=1S/C22H30F3N5O.ClH/c1-31-15-14-30-20(26-27-28-30)19(17-6-8-18(9-7-17)22(23,24)25)29-13-5-12-21(16-29)10-3-2-4-11-21;/h6-9,19H,2-5,10-16H2,1H3;1H. The van der Waals surface area contributed by atoms with Crippen molar-refractivity contribution in [1.82, 2.24) is 25.1 Å². The minimum atomic E-state index is -4.36. The molecular weight excluding hydrogens is 443 g/mol. The Morgan fingerprint density at radius 3 is 2.41 bits per heavy atom. The van der Waals surface area contributed by atoms with Gasteiger partial charge in [-0.3, -0.25) is 4.90 Å². The minimum Gasteiger partial charge on any atom is -0.383 e. The molecule has 1 aromatic heterocycles. The number of methoxy groups -OCH3 is 1. The van der Waals surface area contributed by atoms with Gasteiger partial charge >= 0.3 is 6.18 Å². The number of likely N-dealkylation sites (tertiary alicyclic amines) is 1. The van der Waals surface area contributed by atoms with Gasteiger partial charge in [0.05, 0.1) is 24.8 Å². The number of benzene rings is 1. The van der Waals surface area contributed by atoms with Crippen LogP contribution in [-0.4, -0.2) is 51.9 Å². The Labute approximate surface area is 192 Å². The molecular formula is C22H31ClF3N5O. The molecule has 1 aromatic carbocycles. The summed E-state index contributed by atoms with van der Waals surface area (Å²) in [6.07, 6.45) is 4.18. The summed E-state index contributed by atoms with van der Waals surface area (Å²) in [5.74, 6) is 0.657. The Bertz CT molecular complexity index is 846. The normalized spacial score (nSPS) is 20.1. The Morgan fingerprint density at radius 2 is 1.75 bits per heavy atom. The van der Waals surface area contributed by atoms with E-state index < -0.39 is 11.7 Å². The molecule has 1 spiro atoms. The quantitative estimate of drug-likeness (QED) is 0.597. The van der Waals surface area contributed by atoms with Crippen molar-refractivity contribution in [2.24, 2.45) is 5.41 Å². The van der Waals surface area contributed by atoms with Gasteiger partial charge in [-0.25, -0.2) is 4.68 Å². The highest BCUT2D eigenvalue weighted by Gasteiger charge is 2.40. The van der Waals surface area contributed by atoms with Crippen LogP contribution in [0.4, 0.5) is 13.2 Å². The SMILES string of the molecule is COCCn1nnnc1C(c1ccc(C(F)(F)F)cc1)N1CCCC2(CCCCC2)C1.Cl. The molecule has 2 heterocycles. The van der Waals surface area contributed by atoms with Gasteiger partial charge < -0.3 is 4.74 Å². The van der Waals surface area contributed by atoms with E-state index in [9.17, 15) is 13.2 Å². The van der Waals surface area contributed by atoms with Gasteiger partial charge in [-0.1, -0.05) is 31.4 Å². The number of tetrazole rings is 1. The topological polar surface area (TPSA) is 56.1 Å². The molecule has 32 heavy (non-hydrogen) atoms. The lowest BCUT2D eigenvalue weighted by atomic mass is 9.69. The van der Waals surface area contributed by atoms with Crippen LogP contribution < -0.4 is 0 Å². The maximum atomic E-state index is 13.1. The summed E-state index contributed by atoms with van der Waals surface area (Å²) < 4.78 is 46.3. The van der Waals surface area contributed by atoms with Crippen LogP contribution in [-0.2, 0) is 17.5 Å². The second-order valence-corrected chi connectivity index (χ2v) is 8.91. The second-order valence-electron chi connectivity index (χ2n) is 8.91. The van der Waals surface area contributed by atoms with E-state index in [4.69, 9.17) is 4.74 Å². The van der Waals surface area contributed by atoms with Gasteiger partial charge in [0.25, 0.3) is 0 Å². The Balaban J connectivity index is 0.00000289. The van der Waals surface area contributed by atoms with Crippen LogP contribution in [0.25, 0.3) is 0 Å². The molecule has 1 aliphatic heterocycles. The highest BCUT2D eigenvalue weighted by Crippen LogP contribution is 2.45. The smallest absolute Gasteiger partial charge is 0.383 e. The van der Waals surface area contributed by atoms with E-state index in [1.54, 1.807) is 23.9 Å². The minimum absolute atomic E-state index is 0. The predicted octanol–water partition coefficient (Wildman–Crippen LogP) is 4.90. The number of piperidine rings is 1. The third kappa shape index (κ3) is 5.43. The van der Waals surface area contributed by atoms with Crippen molar-refractivity contribution in [3.8, 4) is 0 Å². The Hall–Kier alpha value is -1.71. The lowest BCUT2D eigenvalue weighted by molar-refractivity contribution is -0.137. The molecule has 1 saturated carbocycles. The summed E-state index contributed by atoms with van der Waals surface area (Å²) in [6, 6.07) is 5.18. The fourth-order valence-corrected chi connectivity index (χ4v) is 5.30. The fourth-order valence-electron chi connectivity index (χ4n) is 5.30. The van der Waals surface area contributed by atoms with Gasteiger partial charge in [0, 0.05) is 13.7 Å². The number of ether oxygens (including phenoxy) is 1. The first-order valence-electron chi connectivity index (χ1n) is 11.1. The number of rotatable bonds is 6. The van der Waals surface area contributed by atoms with Crippen LogP contribution in [0.15, 0.2) is 24.3 Å². The largest absolute Gasteiger partial charge is 0.416 e. The first-order chi connectivity index (χ1) is 14.9. The number of alkyl halides is 3. The summed E-state index contributed by atoms with van der Waals surface area (Å²) in [5, 5.41) is 12.3. The summed E-state index contributed by atoms with van der Waals surface area (Å²) in [4.78, 5) is 2.38. The number of aromatic nitrogens is 4. The van der Waals surface area contributed by atoms with Crippen LogP contribution in [0, 0.1) is 5.41 Å². The third-order valence-corrected chi connectivity index (χ3v) is 6.84. The summed E-state index contributed by atoms with van der Waals surface area (Å²) in [5.41, 5.74) is 0.441. The van der Waals surface area contributed by atoms with Crippen molar-refractivity contribution in [1.29, 1.82) is 0 Å². The first kappa shape index (κ1) is 24.9. The zero-order chi connectivity index (χ0) is 21.9. The Morgan fingerprint density at radius 1 is 1.06 bits per heavy atom. The molecule has 0 amide bonds. The maximum Gasteiger partial charge on any atom is 0.416 e. The number of nitrogens with zero attached hydrogens (tertiary/aromatic N) is 5. The van der Waals surface area contributed by atoms with Gasteiger partial charge in [0.1, 0.15) is 0 Å². The van der Waals surface area contributed by atoms with Gasteiger partial charge in [-0.05, 0) is 65.8 Å². The fraction of sp³-hybridized carbons (Fsp3) is 0.682. The molecule has 1 saturated heterocycles. The third-order valence-electron chi connectivity index (χ3n) is 6.84. The van der Waals surface area contributed by atoms with Crippen molar-refractivity contribution < 1.29 is 17.9 Å². The summed E-state index contributed by atoms with van der Waals surface area (Å²) in [7, 11) is 1.62. The van der Waals surface area contributed by atoms with E-state index in [1.807, 2.05) is 0 Å². The first-order valence-corrected chi connectivity index (χ1v) is 11.1. The predicted molar refractivity (Wildman–Crippen MR) is 117 cm³/mol. The number of hydrogen-bond acceptors (Lipinski definition) is 5. The monoisotopic (exact) mass is 473 g/mol. The highest BCUT2D eigenvalue weighted by atomic mass is 35.5. The second kappa shape index (κ2) is 10.5. The molecule has 2 fully saturated rings. The van der Waals surface area contributed by atoms with Crippen molar-refractivity contribution in [3.05, 3.63) is 41.2 Å². The van der Waals surface area contributed by atoms with Crippen molar-refractivity contribution in [2.75, 3.05) is 26.8 Å². The molecule has 0 bridgehead atoms. The number of halogens is 4. The van der Waals surface area contributed by atoms with Gasteiger partial charge in [0.2, 0.25) is 0 Å². The average molecular weight is 474 g/mol. The zero-order valence-corrected chi connectivity index (χ0v) is 19.2. The van der Waals surface area contributed by atoms with E-state index in [2.05, 4.69) is 20.4 Å². The molecule has 1 aliphatic carbocycles.